The van der Waals surface area contributed by atoms with E-state index in [2.05, 4.69) is 29.1 Å². The molecular formula is C18H34N4O2. The third-order valence-electron chi connectivity index (χ3n) is 5.31. The second-order valence-corrected chi connectivity index (χ2v) is 7.33. The van der Waals surface area contributed by atoms with E-state index >= 15 is 0 Å². The molecule has 0 aliphatic carbocycles. The Morgan fingerprint density at radius 3 is 2.62 bits per heavy atom. The standard InChI is InChI=1S/C18H34N4O2/c1-5-14(2)20-18(19-12-17(23)21(3)4)22-9-6-16(13-22)15-7-10-24-11-8-15/h14-16H,5-13H2,1-4H3,(H,19,20). The summed E-state index contributed by atoms with van der Waals surface area (Å²) in [4.78, 5) is 20.4. The first-order valence-electron chi connectivity index (χ1n) is 9.35. The van der Waals surface area contributed by atoms with E-state index in [1.807, 2.05) is 0 Å². The van der Waals surface area contributed by atoms with Crippen molar-refractivity contribution in [3.05, 3.63) is 0 Å². The van der Waals surface area contributed by atoms with Crippen LogP contribution in [-0.4, -0.2) is 74.7 Å². The maximum atomic E-state index is 11.9. The van der Waals surface area contributed by atoms with Crippen molar-refractivity contribution in [2.75, 3.05) is 46.9 Å². The second-order valence-electron chi connectivity index (χ2n) is 7.33. The zero-order valence-corrected chi connectivity index (χ0v) is 15.8. The summed E-state index contributed by atoms with van der Waals surface area (Å²) in [5.74, 6) is 2.44. The van der Waals surface area contributed by atoms with Gasteiger partial charge in [-0.25, -0.2) is 4.99 Å². The summed E-state index contributed by atoms with van der Waals surface area (Å²) in [5, 5.41) is 3.51. The third-order valence-corrected chi connectivity index (χ3v) is 5.31. The van der Waals surface area contributed by atoms with Gasteiger partial charge in [-0.05, 0) is 44.4 Å². The van der Waals surface area contributed by atoms with Crippen LogP contribution in [0.15, 0.2) is 4.99 Å². The molecule has 0 aromatic carbocycles. The number of likely N-dealkylation sites (tertiary alicyclic amines) is 1. The molecule has 0 radical (unpaired) electrons. The molecule has 2 saturated heterocycles. The maximum Gasteiger partial charge on any atom is 0.243 e. The molecule has 6 heteroatoms. The van der Waals surface area contributed by atoms with Gasteiger partial charge < -0.3 is 19.9 Å². The molecule has 2 rings (SSSR count). The van der Waals surface area contributed by atoms with Gasteiger partial charge in [0.1, 0.15) is 6.54 Å². The second kappa shape index (κ2) is 9.25. The van der Waals surface area contributed by atoms with Crippen LogP contribution in [-0.2, 0) is 9.53 Å². The molecule has 6 nitrogen and oxygen atoms in total. The minimum absolute atomic E-state index is 0.0404. The number of carbonyl (C=O) groups is 1. The van der Waals surface area contributed by atoms with Crippen molar-refractivity contribution in [3.63, 3.8) is 0 Å². The van der Waals surface area contributed by atoms with Crippen molar-refractivity contribution in [1.82, 2.24) is 15.1 Å². The number of carbonyl (C=O) groups excluding carboxylic acids is 1. The number of hydrogen-bond donors (Lipinski definition) is 1. The predicted octanol–water partition coefficient (Wildman–Crippen LogP) is 1.57. The van der Waals surface area contributed by atoms with E-state index in [9.17, 15) is 4.79 Å². The van der Waals surface area contributed by atoms with Crippen LogP contribution in [0.3, 0.4) is 0 Å². The van der Waals surface area contributed by atoms with Crippen LogP contribution in [0.2, 0.25) is 0 Å². The first kappa shape index (κ1) is 19.0. The molecule has 2 aliphatic rings. The highest BCUT2D eigenvalue weighted by Gasteiger charge is 2.32. The van der Waals surface area contributed by atoms with Gasteiger partial charge in [-0.1, -0.05) is 6.92 Å². The molecule has 24 heavy (non-hydrogen) atoms. The van der Waals surface area contributed by atoms with Crippen molar-refractivity contribution >= 4 is 11.9 Å². The minimum Gasteiger partial charge on any atom is -0.381 e. The smallest absolute Gasteiger partial charge is 0.243 e. The van der Waals surface area contributed by atoms with Crippen LogP contribution in [0.5, 0.6) is 0 Å². The highest BCUT2D eigenvalue weighted by Crippen LogP contribution is 2.31. The van der Waals surface area contributed by atoms with Gasteiger partial charge in [0.2, 0.25) is 5.91 Å². The molecule has 1 amide bonds. The quantitative estimate of drug-likeness (QED) is 0.611. The lowest BCUT2D eigenvalue weighted by molar-refractivity contribution is -0.127. The summed E-state index contributed by atoms with van der Waals surface area (Å²) in [6.07, 6.45) is 4.62. The van der Waals surface area contributed by atoms with Gasteiger partial charge in [0.25, 0.3) is 0 Å². The number of nitrogens with one attached hydrogen (secondary N) is 1. The topological polar surface area (TPSA) is 57.2 Å². The summed E-state index contributed by atoms with van der Waals surface area (Å²) in [6.45, 7) is 8.42. The fourth-order valence-corrected chi connectivity index (χ4v) is 3.39. The first-order chi connectivity index (χ1) is 11.5. The Bertz CT molecular complexity index is 433. The van der Waals surface area contributed by atoms with Crippen molar-refractivity contribution < 1.29 is 9.53 Å². The van der Waals surface area contributed by atoms with E-state index in [1.54, 1.807) is 19.0 Å². The molecule has 2 heterocycles. The number of rotatable bonds is 5. The normalized spacial score (nSPS) is 24.1. The summed E-state index contributed by atoms with van der Waals surface area (Å²) >= 11 is 0. The minimum atomic E-state index is 0.0404. The molecule has 2 aliphatic heterocycles. The molecule has 2 unspecified atom stereocenters. The zero-order valence-electron chi connectivity index (χ0n) is 15.8. The van der Waals surface area contributed by atoms with E-state index in [0.29, 0.717) is 6.04 Å². The Kier molecular flexibility index (Phi) is 7.34. The predicted molar refractivity (Wildman–Crippen MR) is 97.1 cm³/mol. The van der Waals surface area contributed by atoms with E-state index < -0.39 is 0 Å². The highest BCUT2D eigenvalue weighted by atomic mass is 16.5. The number of aliphatic imine (C=N–C) groups is 1. The molecule has 0 bridgehead atoms. The summed E-state index contributed by atoms with van der Waals surface area (Å²) in [7, 11) is 3.55. The number of hydrogen-bond acceptors (Lipinski definition) is 3. The number of likely N-dealkylation sites (N-methyl/N-ethyl adjacent to an activating group) is 1. The van der Waals surface area contributed by atoms with Crippen LogP contribution < -0.4 is 5.32 Å². The molecule has 0 spiro atoms. The lowest BCUT2D eigenvalue weighted by Crippen LogP contribution is -2.45. The van der Waals surface area contributed by atoms with E-state index in [4.69, 9.17) is 4.74 Å². The van der Waals surface area contributed by atoms with Gasteiger partial charge in [-0.15, -0.1) is 0 Å². The molecule has 0 aromatic rings. The number of nitrogens with zero attached hydrogens (tertiary/aromatic N) is 3. The molecule has 138 valence electrons. The van der Waals surface area contributed by atoms with Gasteiger partial charge >= 0.3 is 0 Å². The van der Waals surface area contributed by atoms with E-state index in [0.717, 1.165) is 50.5 Å². The highest BCUT2D eigenvalue weighted by molar-refractivity contribution is 5.85. The van der Waals surface area contributed by atoms with Gasteiger partial charge in [0.05, 0.1) is 0 Å². The molecule has 0 aromatic heterocycles. The lowest BCUT2D eigenvalue weighted by atomic mass is 9.85. The maximum absolute atomic E-state index is 11.9. The van der Waals surface area contributed by atoms with Crippen molar-refractivity contribution in [3.8, 4) is 0 Å². The van der Waals surface area contributed by atoms with Crippen molar-refractivity contribution in [2.45, 2.75) is 45.6 Å². The van der Waals surface area contributed by atoms with Crippen LogP contribution in [0.1, 0.15) is 39.5 Å². The van der Waals surface area contributed by atoms with E-state index in [-0.39, 0.29) is 12.5 Å². The molecule has 1 N–H and O–H groups in total. The Labute approximate surface area is 146 Å². The van der Waals surface area contributed by atoms with E-state index in [1.165, 1.54) is 19.3 Å². The molecule has 0 saturated carbocycles. The average molecular weight is 338 g/mol. The Morgan fingerprint density at radius 1 is 1.29 bits per heavy atom. The van der Waals surface area contributed by atoms with Gasteiger partial charge in [0, 0.05) is 46.4 Å². The monoisotopic (exact) mass is 338 g/mol. The van der Waals surface area contributed by atoms with Gasteiger partial charge in [-0.2, -0.15) is 0 Å². The van der Waals surface area contributed by atoms with Crippen LogP contribution in [0.25, 0.3) is 0 Å². The third kappa shape index (κ3) is 5.36. The first-order valence-corrected chi connectivity index (χ1v) is 9.35. The number of amides is 1. The molecule has 2 fully saturated rings. The average Bonchev–Trinajstić information content (AvgIpc) is 3.08. The van der Waals surface area contributed by atoms with Crippen LogP contribution in [0.4, 0.5) is 0 Å². The summed E-state index contributed by atoms with van der Waals surface area (Å²) < 4.78 is 5.50. The molecule has 2 atom stereocenters. The van der Waals surface area contributed by atoms with Crippen LogP contribution in [0, 0.1) is 11.8 Å². The van der Waals surface area contributed by atoms with Crippen molar-refractivity contribution in [2.24, 2.45) is 16.8 Å². The largest absolute Gasteiger partial charge is 0.381 e. The van der Waals surface area contributed by atoms with Crippen molar-refractivity contribution in [1.29, 1.82) is 0 Å². The fraction of sp³-hybridized carbons (Fsp3) is 0.889. The molecular weight excluding hydrogens is 304 g/mol. The summed E-state index contributed by atoms with van der Waals surface area (Å²) in [6, 6.07) is 0.361. The van der Waals surface area contributed by atoms with Crippen LogP contribution >= 0.6 is 0 Å². The zero-order chi connectivity index (χ0) is 17.5. The SMILES string of the molecule is CCC(C)NC(=NCC(=O)N(C)C)N1CCC(C2CCOCC2)C1. The van der Waals surface area contributed by atoms with Gasteiger partial charge in [0.15, 0.2) is 5.96 Å². The number of ether oxygens (including phenoxy) is 1. The Morgan fingerprint density at radius 2 is 2.00 bits per heavy atom. The fourth-order valence-electron chi connectivity index (χ4n) is 3.39. The van der Waals surface area contributed by atoms with Gasteiger partial charge in [-0.3, -0.25) is 4.79 Å². The lowest BCUT2D eigenvalue weighted by Gasteiger charge is -2.29. The number of guanidine groups is 1. The summed E-state index contributed by atoms with van der Waals surface area (Å²) in [5.41, 5.74) is 0. The Balaban J connectivity index is 1.98. The Hall–Kier alpha value is -1.30.